The number of aliphatic hydroxyl groups is 1. The third-order valence-electron chi connectivity index (χ3n) is 5.81. The number of hydrogen-bond donors (Lipinski definition) is 2. The fourth-order valence-electron chi connectivity index (χ4n) is 3.94. The van der Waals surface area contributed by atoms with Gasteiger partial charge in [-0.2, -0.15) is 0 Å². The Balaban J connectivity index is 0.000000277. The van der Waals surface area contributed by atoms with Crippen molar-refractivity contribution in [1.82, 2.24) is 4.98 Å². The van der Waals surface area contributed by atoms with Crippen LogP contribution >= 0.6 is 11.3 Å². The number of hydrogen-bond acceptors (Lipinski definition) is 7. The van der Waals surface area contributed by atoms with Crippen LogP contribution < -0.4 is 18.9 Å². The first kappa shape index (κ1) is 29.7. The topological polar surface area (TPSA) is 90.0 Å². The normalized spacial score (nSPS) is 11.1. The fraction of sp³-hybridized carbons (Fsp3) is 0.345. The summed E-state index contributed by atoms with van der Waals surface area (Å²) in [6, 6.07) is 11.9. The minimum Gasteiger partial charge on any atom is -0.494 e. The molecule has 2 aromatic heterocycles. The minimum absolute atomic E-state index is 0. The number of aromatic nitrogens is 1. The number of rotatable bonds is 9. The molecule has 0 amide bonds. The van der Waals surface area contributed by atoms with Gasteiger partial charge in [0.2, 0.25) is 5.75 Å². The number of aromatic amines is 1. The third-order valence-corrected chi connectivity index (χ3v) is 6.82. The van der Waals surface area contributed by atoms with Crippen LogP contribution in [0.1, 0.15) is 37.2 Å². The van der Waals surface area contributed by atoms with Gasteiger partial charge in [-0.3, -0.25) is 4.79 Å². The number of para-hydroxylation sites is 1. The lowest BCUT2D eigenvalue weighted by Gasteiger charge is -2.14. The van der Waals surface area contributed by atoms with Gasteiger partial charge in [0.15, 0.2) is 17.3 Å². The summed E-state index contributed by atoms with van der Waals surface area (Å²) in [5.41, 5.74) is 3.87. The average molecular weight is 528 g/mol. The van der Waals surface area contributed by atoms with Gasteiger partial charge < -0.3 is 29.0 Å². The van der Waals surface area contributed by atoms with E-state index >= 15 is 0 Å². The smallest absolute Gasteiger partial charge is 0.203 e. The van der Waals surface area contributed by atoms with Crippen LogP contribution in [-0.2, 0) is 6.42 Å². The van der Waals surface area contributed by atoms with Gasteiger partial charge >= 0.3 is 0 Å². The molecule has 8 heteroatoms. The highest BCUT2D eigenvalue weighted by atomic mass is 32.1. The molecule has 1 unspecified atom stereocenters. The highest BCUT2D eigenvalue weighted by molar-refractivity contribution is 7.14. The Morgan fingerprint density at radius 1 is 1.00 bits per heavy atom. The SMILES string of the molecule is C.CC(CO)Cc1c[nH]c2ccccc12.COc1cc(-c2scc(C(C)=O)c2OC)cc(OC)c1OC. The summed E-state index contributed by atoms with van der Waals surface area (Å²) in [7, 11) is 6.23. The van der Waals surface area contributed by atoms with Crippen molar-refractivity contribution < 1.29 is 28.8 Å². The van der Waals surface area contributed by atoms with Crippen molar-refractivity contribution in [2.45, 2.75) is 27.7 Å². The van der Waals surface area contributed by atoms with E-state index in [-0.39, 0.29) is 19.8 Å². The maximum atomic E-state index is 11.7. The minimum atomic E-state index is -0.0354. The lowest BCUT2D eigenvalue weighted by atomic mass is 10.0. The van der Waals surface area contributed by atoms with Gasteiger partial charge in [0.1, 0.15) is 5.75 Å². The quantitative estimate of drug-likeness (QED) is 0.238. The van der Waals surface area contributed by atoms with Crippen molar-refractivity contribution >= 4 is 28.0 Å². The van der Waals surface area contributed by atoms with E-state index in [1.54, 1.807) is 33.8 Å². The predicted octanol–water partition coefficient (Wildman–Crippen LogP) is 6.63. The molecule has 2 aromatic carbocycles. The number of carbonyl (C=O) groups is 1. The Morgan fingerprint density at radius 2 is 1.62 bits per heavy atom. The molecule has 1 atom stereocenters. The van der Waals surface area contributed by atoms with E-state index in [1.807, 2.05) is 30.5 Å². The lowest BCUT2D eigenvalue weighted by molar-refractivity contribution is 0.101. The van der Waals surface area contributed by atoms with E-state index in [0.29, 0.717) is 34.5 Å². The summed E-state index contributed by atoms with van der Waals surface area (Å²) >= 11 is 1.44. The number of H-pyrrole nitrogens is 1. The largest absolute Gasteiger partial charge is 0.494 e. The number of methoxy groups -OCH3 is 4. The molecule has 2 heterocycles. The molecule has 4 aromatic rings. The molecule has 2 N–H and O–H groups in total. The van der Waals surface area contributed by atoms with E-state index in [0.717, 1.165) is 16.9 Å². The second-order valence-electron chi connectivity index (χ2n) is 8.33. The molecule has 0 aliphatic heterocycles. The predicted molar refractivity (Wildman–Crippen MR) is 151 cm³/mol. The summed E-state index contributed by atoms with van der Waals surface area (Å²) in [4.78, 5) is 15.7. The van der Waals surface area contributed by atoms with Crippen molar-refractivity contribution in [3.63, 3.8) is 0 Å². The standard InChI is InChI=1S/C16H18O5S.C12H15NO.CH4/c1-9(17)11-8-22-16(14(11)20-4)10-6-12(18-2)15(21-5)13(7-10)19-3;1-9(8-14)6-10-7-13-12-5-3-2-4-11(10)12;/h6-8H,1-5H3;2-5,7,9,13-14H,6,8H2,1H3;1H4. The molecule has 200 valence electrons. The first-order valence-electron chi connectivity index (χ1n) is 11.5. The van der Waals surface area contributed by atoms with Gasteiger partial charge in [-0.15, -0.1) is 11.3 Å². The molecular formula is C29H37NO6S. The van der Waals surface area contributed by atoms with Crippen LogP contribution in [0.25, 0.3) is 21.3 Å². The van der Waals surface area contributed by atoms with Crippen LogP contribution in [0.3, 0.4) is 0 Å². The number of benzene rings is 2. The van der Waals surface area contributed by atoms with E-state index in [2.05, 4.69) is 24.0 Å². The van der Waals surface area contributed by atoms with Crippen molar-refractivity contribution in [3.8, 4) is 33.4 Å². The molecule has 0 saturated heterocycles. The van der Waals surface area contributed by atoms with Gasteiger partial charge in [0.25, 0.3) is 0 Å². The van der Waals surface area contributed by atoms with Gasteiger partial charge in [0, 0.05) is 34.7 Å². The number of thiophene rings is 1. The zero-order chi connectivity index (χ0) is 26.2. The molecule has 0 fully saturated rings. The number of ether oxygens (including phenoxy) is 4. The molecule has 37 heavy (non-hydrogen) atoms. The number of fused-ring (bicyclic) bond motifs is 1. The number of nitrogens with one attached hydrogen (secondary N) is 1. The zero-order valence-corrected chi connectivity index (χ0v) is 22.3. The molecular weight excluding hydrogens is 490 g/mol. The van der Waals surface area contributed by atoms with Crippen LogP contribution in [0, 0.1) is 5.92 Å². The van der Waals surface area contributed by atoms with Crippen molar-refractivity contribution in [1.29, 1.82) is 0 Å². The van der Waals surface area contributed by atoms with Gasteiger partial charge in [0.05, 0.1) is 38.9 Å². The van der Waals surface area contributed by atoms with Crippen LogP contribution in [0.5, 0.6) is 23.0 Å². The van der Waals surface area contributed by atoms with Crippen molar-refractivity contribution in [2.24, 2.45) is 5.92 Å². The highest BCUT2D eigenvalue weighted by Gasteiger charge is 2.21. The molecule has 0 aliphatic carbocycles. The number of aliphatic hydroxyl groups excluding tert-OH is 1. The number of carbonyl (C=O) groups excluding carboxylic acids is 1. The summed E-state index contributed by atoms with van der Waals surface area (Å²) in [5.74, 6) is 2.48. The van der Waals surface area contributed by atoms with E-state index < -0.39 is 0 Å². The molecule has 0 bridgehead atoms. The molecule has 0 aliphatic rings. The Morgan fingerprint density at radius 3 is 2.16 bits per heavy atom. The number of Topliss-reactive ketones (excluding diaryl/α,β-unsaturated/α-hetero) is 1. The Bertz CT molecular complexity index is 1280. The maximum Gasteiger partial charge on any atom is 0.203 e. The van der Waals surface area contributed by atoms with Gasteiger partial charge in [-0.05, 0) is 43.0 Å². The Kier molecular flexibility index (Phi) is 11.0. The highest BCUT2D eigenvalue weighted by Crippen LogP contribution is 2.46. The second-order valence-corrected chi connectivity index (χ2v) is 9.21. The summed E-state index contributed by atoms with van der Waals surface area (Å²) in [6.07, 6.45) is 2.97. The lowest BCUT2D eigenvalue weighted by Crippen LogP contribution is -2.03. The van der Waals surface area contributed by atoms with Crippen LogP contribution in [-0.4, -0.2) is 50.9 Å². The van der Waals surface area contributed by atoms with E-state index in [9.17, 15) is 4.79 Å². The molecule has 0 radical (unpaired) electrons. The van der Waals surface area contributed by atoms with Gasteiger partial charge in [-0.25, -0.2) is 0 Å². The van der Waals surface area contributed by atoms with E-state index in [1.165, 1.54) is 34.7 Å². The summed E-state index contributed by atoms with van der Waals surface area (Å²) < 4.78 is 21.5. The van der Waals surface area contributed by atoms with E-state index in [4.69, 9.17) is 24.1 Å². The Hall–Kier alpha value is -3.49. The maximum absolute atomic E-state index is 11.7. The summed E-state index contributed by atoms with van der Waals surface area (Å²) in [5, 5.41) is 12.1. The molecule has 7 nitrogen and oxygen atoms in total. The van der Waals surface area contributed by atoms with Crippen LogP contribution in [0.15, 0.2) is 48.0 Å². The Labute approximate surface area is 223 Å². The van der Waals surface area contributed by atoms with Crippen LogP contribution in [0.4, 0.5) is 0 Å². The van der Waals surface area contributed by atoms with Crippen molar-refractivity contribution in [3.05, 3.63) is 59.1 Å². The number of ketones is 1. The first-order valence-corrected chi connectivity index (χ1v) is 12.4. The molecule has 4 rings (SSSR count). The molecule has 0 spiro atoms. The van der Waals surface area contributed by atoms with Crippen LogP contribution in [0.2, 0.25) is 0 Å². The summed E-state index contributed by atoms with van der Waals surface area (Å²) in [6.45, 7) is 3.82. The van der Waals surface area contributed by atoms with Gasteiger partial charge in [-0.1, -0.05) is 32.5 Å². The average Bonchev–Trinajstić information content (AvgIpc) is 3.52. The van der Waals surface area contributed by atoms with Crippen molar-refractivity contribution in [2.75, 3.05) is 35.0 Å². The second kappa shape index (κ2) is 13.7. The zero-order valence-electron chi connectivity index (χ0n) is 21.5. The monoisotopic (exact) mass is 527 g/mol. The third kappa shape index (κ3) is 6.64. The first-order chi connectivity index (χ1) is 17.4. The molecule has 0 saturated carbocycles. The fourth-order valence-corrected chi connectivity index (χ4v) is 5.01.